The van der Waals surface area contributed by atoms with Gasteiger partial charge in [-0.15, -0.1) is 0 Å². The first-order valence-corrected chi connectivity index (χ1v) is 11.7. The summed E-state index contributed by atoms with van der Waals surface area (Å²) in [6, 6.07) is 15.9. The second-order valence-corrected chi connectivity index (χ2v) is 8.42. The lowest BCUT2D eigenvalue weighted by molar-refractivity contribution is -0.119. The van der Waals surface area contributed by atoms with Crippen molar-refractivity contribution in [1.29, 1.82) is 5.26 Å². The minimum absolute atomic E-state index is 0.000243. The van der Waals surface area contributed by atoms with Gasteiger partial charge in [0.15, 0.2) is 0 Å². The van der Waals surface area contributed by atoms with E-state index >= 15 is 0 Å². The van der Waals surface area contributed by atoms with Gasteiger partial charge in [0.1, 0.15) is 23.4 Å². The molecule has 1 heterocycles. The minimum Gasteiger partial charge on any atom is -0.422 e. The van der Waals surface area contributed by atoms with E-state index < -0.39 is 30.9 Å². The fourth-order valence-electron chi connectivity index (χ4n) is 3.56. The van der Waals surface area contributed by atoms with Gasteiger partial charge in [-0.25, -0.2) is 9.98 Å². The standard InChI is InChI=1S/C27H25BN6O5/c1-18(16-29)27(37)34(2)21-10-6-9-20(13-21)14-22(32-26(36)23-17-30-11-12-31-23)25(35)33-24(28(38)39)15-19-7-4-3-5-8-19/h3-13,17,22,38-39H,1,14-15H2,2H3,(H,32,36)/b33-24+/t22-/m0/s1. The second kappa shape index (κ2) is 13.5. The summed E-state index contributed by atoms with van der Waals surface area (Å²) in [5.74, 6) is -2.09. The van der Waals surface area contributed by atoms with E-state index in [4.69, 9.17) is 5.26 Å². The number of nitriles is 1. The Morgan fingerprint density at radius 3 is 2.49 bits per heavy atom. The molecule has 0 spiro atoms. The Morgan fingerprint density at radius 2 is 1.85 bits per heavy atom. The van der Waals surface area contributed by atoms with Crippen LogP contribution >= 0.6 is 0 Å². The maximum atomic E-state index is 13.3. The van der Waals surface area contributed by atoms with Gasteiger partial charge in [-0.2, -0.15) is 5.26 Å². The van der Waals surface area contributed by atoms with Crippen molar-refractivity contribution in [2.75, 3.05) is 11.9 Å². The van der Waals surface area contributed by atoms with Crippen LogP contribution in [0.4, 0.5) is 5.69 Å². The van der Waals surface area contributed by atoms with Crippen LogP contribution in [0.15, 0.2) is 90.3 Å². The zero-order chi connectivity index (χ0) is 28.4. The summed E-state index contributed by atoms with van der Waals surface area (Å²) in [5.41, 5.74) is 1.22. The Kier molecular flexibility index (Phi) is 9.91. The van der Waals surface area contributed by atoms with Crippen molar-refractivity contribution < 1.29 is 24.4 Å². The molecule has 11 nitrogen and oxygen atoms in total. The molecule has 3 rings (SSSR count). The number of hydrogen-bond donors (Lipinski definition) is 3. The third-order valence-corrected chi connectivity index (χ3v) is 5.61. The Morgan fingerprint density at radius 1 is 1.13 bits per heavy atom. The quantitative estimate of drug-likeness (QED) is 0.153. The van der Waals surface area contributed by atoms with Crippen LogP contribution in [0.1, 0.15) is 21.6 Å². The van der Waals surface area contributed by atoms with E-state index in [2.05, 4.69) is 26.9 Å². The zero-order valence-corrected chi connectivity index (χ0v) is 21.1. The molecule has 3 aromatic rings. The van der Waals surface area contributed by atoms with Crippen LogP contribution in [0.5, 0.6) is 0 Å². The van der Waals surface area contributed by atoms with Crippen LogP contribution in [0.3, 0.4) is 0 Å². The summed E-state index contributed by atoms with van der Waals surface area (Å²) in [6.45, 7) is 3.44. The van der Waals surface area contributed by atoms with Crippen LogP contribution in [0.25, 0.3) is 0 Å². The largest absolute Gasteiger partial charge is 0.504 e. The molecule has 0 radical (unpaired) electrons. The van der Waals surface area contributed by atoms with Crippen molar-refractivity contribution in [3.8, 4) is 6.07 Å². The predicted molar refractivity (Wildman–Crippen MR) is 144 cm³/mol. The fourth-order valence-corrected chi connectivity index (χ4v) is 3.56. The highest BCUT2D eigenvalue weighted by Gasteiger charge is 2.26. The summed E-state index contributed by atoms with van der Waals surface area (Å²) in [4.78, 5) is 51.5. The number of rotatable bonds is 10. The van der Waals surface area contributed by atoms with Crippen molar-refractivity contribution in [2.24, 2.45) is 4.99 Å². The lowest BCUT2D eigenvalue weighted by atomic mass is 9.79. The molecule has 12 heteroatoms. The second-order valence-electron chi connectivity index (χ2n) is 8.42. The van der Waals surface area contributed by atoms with E-state index in [1.165, 1.54) is 30.5 Å². The third kappa shape index (κ3) is 8.00. The molecule has 0 saturated heterocycles. The Bertz CT molecular complexity index is 1420. The van der Waals surface area contributed by atoms with Gasteiger partial charge in [0.05, 0.1) is 11.8 Å². The number of carbonyl (C=O) groups excluding carboxylic acids is 3. The first-order valence-electron chi connectivity index (χ1n) is 11.7. The molecule has 0 saturated carbocycles. The number of anilines is 1. The van der Waals surface area contributed by atoms with Gasteiger partial charge in [0, 0.05) is 38.0 Å². The first kappa shape index (κ1) is 28.6. The summed E-state index contributed by atoms with van der Waals surface area (Å²) in [5, 5.41) is 31.3. The summed E-state index contributed by atoms with van der Waals surface area (Å²) in [6.07, 6.45) is 3.91. The molecule has 196 valence electrons. The van der Waals surface area contributed by atoms with Crippen LogP contribution in [-0.4, -0.2) is 63.6 Å². The van der Waals surface area contributed by atoms with Crippen molar-refractivity contribution in [3.63, 3.8) is 0 Å². The summed E-state index contributed by atoms with van der Waals surface area (Å²) >= 11 is 0. The SMILES string of the molecule is C=C(C#N)C(=O)N(C)c1cccc(C[C@H](NC(=O)c2cnccn2)C(=O)/N=C(\Cc2ccccc2)B(O)O)c1. The lowest BCUT2D eigenvalue weighted by Gasteiger charge is -2.19. The molecule has 0 unspecified atom stereocenters. The Hall–Kier alpha value is -4.99. The molecule has 0 fully saturated rings. The Balaban J connectivity index is 1.92. The van der Waals surface area contributed by atoms with Crippen molar-refractivity contribution in [3.05, 3.63) is 102 Å². The van der Waals surface area contributed by atoms with Gasteiger partial charge in [-0.3, -0.25) is 19.4 Å². The molecule has 3 N–H and O–H groups in total. The van der Waals surface area contributed by atoms with E-state index in [0.717, 1.165) is 0 Å². The Labute approximate surface area is 225 Å². The molecule has 0 aliphatic carbocycles. The minimum atomic E-state index is -2.00. The fraction of sp³-hybridized carbons (Fsp3) is 0.148. The maximum absolute atomic E-state index is 13.3. The normalized spacial score (nSPS) is 11.6. The van der Waals surface area contributed by atoms with E-state index in [1.807, 2.05) is 0 Å². The molecule has 0 bridgehead atoms. The number of likely N-dealkylation sites (N-methyl/N-ethyl adjacent to an activating group) is 1. The molecular weight excluding hydrogens is 499 g/mol. The predicted octanol–water partition coefficient (Wildman–Crippen LogP) is 1.08. The molecule has 1 atom stereocenters. The summed E-state index contributed by atoms with van der Waals surface area (Å²) < 4.78 is 0. The molecular formula is C27H25BN6O5. The van der Waals surface area contributed by atoms with Crippen LogP contribution in [-0.2, 0) is 22.4 Å². The molecule has 0 aliphatic heterocycles. The average Bonchev–Trinajstić information content (AvgIpc) is 2.96. The van der Waals surface area contributed by atoms with Crippen LogP contribution < -0.4 is 10.2 Å². The van der Waals surface area contributed by atoms with Gasteiger partial charge >= 0.3 is 7.12 Å². The smallest absolute Gasteiger partial charge is 0.422 e. The molecule has 0 aliphatic rings. The molecule has 2 aromatic carbocycles. The van der Waals surface area contributed by atoms with Gasteiger partial charge in [-0.1, -0.05) is 49.0 Å². The number of nitrogens with one attached hydrogen (secondary N) is 1. The summed E-state index contributed by atoms with van der Waals surface area (Å²) in [7, 11) is -0.521. The lowest BCUT2D eigenvalue weighted by Crippen LogP contribution is -2.43. The highest BCUT2D eigenvalue weighted by molar-refractivity contribution is 6.80. The number of carbonyl (C=O) groups is 3. The first-order chi connectivity index (χ1) is 18.7. The number of aromatic nitrogens is 2. The molecule has 3 amide bonds. The third-order valence-electron chi connectivity index (χ3n) is 5.61. The topological polar surface area (TPSA) is 169 Å². The highest BCUT2D eigenvalue weighted by Crippen LogP contribution is 2.18. The highest BCUT2D eigenvalue weighted by atomic mass is 16.4. The van der Waals surface area contributed by atoms with Gasteiger partial charge in [0.2, 0.25) is 0 Å². The number of amides is 3. The number of benzene rings is 2. The van der Waals surface area contributed by atoms with Crippen molar-refractivity contribution in [1.82, 2.24) is 15.3 Å². The van der Waals surface area contributed by atoms with Crippen LogP contribution in [0, 0.1) is 11.3 Å². The van der Waals surface area contributed by atoms with Gasteiger partial charge < -0.3 is 20.3 Å². The van der Waals surface area contributed by atoms with Crippen molar-refractivity contribution >= 4 is 36.1 Å². The maximum Gasteiger partial charge on any atom is 0.504 e. The monoisotopic (exact) mass is 524 g/mol. The van der Waals surface area contributed by atoms with Gasteiger partial charge in [-0.05, 0) is 23.3 Å². The van der Waals surface area contributed by atoms with Gasteiger partial charge in [0.25, 0.3) is 17.7 Å². The van der Waals surface area contributed by atoms with E-state index in [9.17, 15) is 24.4 Å². The van der Waals surface area contributed by atoms with E-state index in [-0.39, 0.29) is 29.7 Å². The molecule has 1 aromatic heterocycles. The zero-order valence-electron chi connectivity index (χ0n) is 21.1. The number of nitrogens with zero attached hydrogens (tertiary/aromatic N) is 5. The number of hydrogen-bond acceptors (Lipinski definition) is 8. The number of aliphatic imine (C=N–C) groups is 1. The van der Waals surface area contributed by atoms with Crippen molar-refractivity contribution in [2.45, 2.75) is 18.9 Å². The van der Waals surface area contributed by atoms with E-state index in [0.29, 0.717) is 16.8 Å². The average molecular weight is 524 g/mol. The molecule has 39 heavy (non-hydrogen) atoms. The van der Waals surface area contributed by atoms with Crippen LogP contribution in [0.2, 0.25) is 0 Å². The van der Waals surface area contributed by atoms with E-state index in [1.54, 1.807) is 60.7 Å².